The van der Waals surface area contributed by atoms with Crippen LogP contribution in [0, 0.1) is 11.8 Å². The number of aliphatic hydroxyl groups is 2. The zero-order chi connectivity index (χ0) is 24.0. The van der Waals surface area contributed by atoms with Crippen molar-refractivity contribution in [1.82, 2.24) is 14.6 Å². The van der Waals surface area contributed by atoms with Crippen LogP contribution >= 0.6 is 23.1 Å². The Hall–Kier alpha value is -2.41. The summed E-state index contributed by atoms with van der Waals surface area (Å²) in [6.45, 7) is 4.01. The Morgan fingerprint density at radius 2 is 2.12 bits per heavy atom. The van der Waals surface area contributed by atoms with E-state index in [1.807, 2.05) is 28.3 Å². The lowest BCUT2D eigenvalue weighted by atomic mass is 9.77. The third-order valence-corrected chi connectivity index (χ3v) is 8.30. The molecule has 2 aromatic rings. The van der Waals surface area contributed by atoms with Crippen LogP contribution in [0.1, 0.15) is 25.1 Å². The number of aliphatic carboxylic acids is 1. The Labute approximate surface area is 198 Å². The molecule has 4 rings (SSSR count). The van der Waals surface area contributed by atoms with E-state index in [0.717, 1.165) is 14.7 Å². The number of nitrogens with one attached hydrogen (secondary N) is 1. The van der Waals surface area contributed by atoms with E-state index >= 15 is 0 Å². The molecule has 0 spiro atoms. The number of rotatable bonds is 9. The molecule has 178 valence electrons. The lowest BCUT2D eigenvalue weighted by Crippen LogP contribution is -2.63. The number of amides is 2. The van der Waals surface area contributed by atoms with Gasteiger partial charge in [-0.15, -0.1) is 0 Å². The first-order chi connectivity index (χ1) is 15.7. The Kier molecular flexibility index (Phi) is 6.54. The van der Waals surface area contributed by atoms with Gasteiger partial charge in [0.15, 0.2) is 6.54 Å². The minimum atomic E-state index is -1.16. The number of thiazole rings is 1. The number of β-lactam (4-membered cyclic amide) rings is 1. The van der Waals surface area contributed by atoms with Gasteiger partial charge in [0.2, 0.25) is 15.8 Å². The van der Waals surface area contributed by atoms with E-state index in [4.69, 9.17) is 5.11 Å². The number of carboxylic acids is 1. The molecule has 2 amide bonds. The van der Waals surface area contributed by atoms with Crippen LogP contribution in [0.5, 0.6) is 0 Å². The Balaban J connectivity index is 1.68. The van der Waals surface area contributed by atoms with Gasteiger partial charge in [0.1, 0.15) is 11.9 Å². The van der Waals surface area contributed by atoms with Gasteiger partial charge in [0.25, 0.3) is 12.2 Å². The van der Waals surface area contributed by atoms with Gasteiger partial charge in [0.05, 0.1) is 22.9 Å². The number of aromatic nitrogens is 2. The summed E-state index contributed by atoms with van der Waals surface area (Å²) in [6, 6.07) is -0.368. The molecule has 2 aliphatic rings. The van der Waals surface area contributed by atoms with Crippen LogP contribution in [-0.4, -0.2) is 74.0 Å². The van der Waals surface area contributed by atoms with Crippen LogP contribution in [0.25, 0.3) is 10.4 Å². The fourth-order valence-corrected chi connectivity index (χ4v) is 6.96. The third kappa shape index (κ3) is 3.84. The summed E-state index contributed by atoms with van der Waals surface area (Å²) in [5.74, 6) is -2.51. The van der Waals surface area contributed by atoms with Gasteiger partial charge in [0, 0.05) is 24.6 Å². The van der Waals surface area contributed by atoms with Crippen LogP contribution in [0.2, 0.25) is 0 Å². The van der Waals surface area contributed by atoms with Crippen LogP contribution in [0.3, 0.4) is 0 Å². The predicted molar refractivity (Wildman–Crippen MR) is 121 cm³/mol. The first-order valence-corrected chi connectivity index (χ1v) is 12.7. The highest BCUT2D eigenvalue weighted by Gasteiger charge is 2.60. The molecular weight excluding hydrogens is 468 g/mol. The maximum Gasteiger partial charge on any atom is 0.352 e. The second kappa shape index (κ2) is 9.09. The molecule has 0 bridgehead atoms. The average molecular weight is 496 g/mol. The number of nitrogens with zero attached hydrogens (tertiary/aromatic N) is 3. The molecule has 4 atom stereocenters. The van der Waals surface area contributed by atoms with Gasteiger partial charge in [-0.25, -0.2) is 9.36 Å². The molecule has 1 fully saturated rings. The van der Waals surface area contributed by atoms with Crippen molar-refractivity contribution in [3.63, 3.8) is 0 Å². The van der Waals surface area contributed by atoms with Crippen molar-refractivity contribution >= 4 is 51.3 Å². The summed E-state index contributed by atoms with van der Waals surface area (Å²) < 4.78 is 3.70. The number of imidazole rings is 1. The number of hydrogen-bond acceptors (Lipinski definition) is 7. The lowest BCUT2D eigenvalue weighted by Gasteiger charge is -2.46. The number of carboxylic acid groups (broad SMARTS) is 1. The topological polar surface area (TPSA) is 135 Å². The molecule has 33 heavy (non-hydrogen) atoms. The van der Waals surface area contributed by atoms with E-state index in [0.29, 0.717) is 18.5 Å². The summed E-state index contributed by atoms with van der Waals surface area (Å²) >= 11 is 2.90. The smallest absolute Gasteiger partial charge is 0.352 e. The van der Waals surface area contributed by atoms with Gasteiger partial charge in [-0.1, -0.05) is 30.0 Å². The van der Waals surface area contributed by atoms with Crippen molar-refractivity contribution in [3.05, 3.63) is 23.1 Å². The number of hydrogen-bond donors (Lipinski definition) is 4. The first kappa shape index (κ1) is 23.7. The van der Waals surface area contributed by atoms with Crippen LogP contribution in [0.4, 0.5) is 0 Å². The van der Waals surface area contributed by atoms with Crippen molar-refractivity contribution in [3.8, 4) is 0 Å². The number of fused-ring (bicyclic) bond motifs is 2. The third-order valence-electron chi connectivity index (χ3n) is 6.21. The highest BCUT2D eigenvalue weighted by molar-refractivity contribution is 7.98. The van der Waals surface area contributed by atoms with Crippen LogP contribution in [-0.2, 0) is 20.9 Å². The lowest BCUT2D eigenvalue weighted by molar-refractivity contribution is -0.717. The molecule has 12 heteroatoms. The van der Waals surface area contributed by atoms with Crippen molar-refractivity contribution in [2.45, 2.75) is 44.0 Å². The molecule has 0 aliphatic carbocycles. The fourth-order valence-electron chi connectivity index (χ4n) is 4.79. The van der Waals surface area contributed by atoms with Gasteiger partial charge in [-0.2, -0.15) is 4.40 Å². The van der Waals surface area contributed by atoms with Crippen molar-refractivity contribution in [1.29, 1.82) is 0 Å². The Bertz CT molecular complexity index is 1150. The highest BCUT2D eigenvalue weighted by Crippen LogP contribution is 2.51. The van der Waals surface area contributed by atoms with Crippen molar-refractivity contribution < 1.29 is 34.3 Å². The second-order valence-corrected chi connectivity index (χ2v) is 10.1. The van der Waals surface area contributed by atoms with Crippen molar-refractivity contribution in [2.75, 3.05) is 19.4 Å². The van der Waals surface area contributed by atoms with Gasteiger partial charge in [-0.05, 0) is 19.6 Å². The second-order valence-electron chi connectivity index (χ2n) is 8.31. The predicted octanol–water partition coefficient (Wildman–Crippen LogP) is 0.162. The molecule has 4 heterocycles. The standard InChI is InChI=1S/C21H26N4O6S2/c1-10-14(17(21(30)31)25-16(10)15(11(2)27)18(25)29)12-7-23-9-24(19(32-3)20(23)33-12)8-13(28)22-5-4-6-26/h7,9-11,15-16,26-27H,4-6,8H2,1-3H3,(H-,22,28,30,31)/p+1/t10-,11+,15+,16+/m0/s1. The fraction of sp³-hybridized carbons (Fsp3) is 0.524. The van der Waals surface area contributed by atoms with E-state index in [9.17, 15) is 24.6 Å². The summed E-state index contributed by atoms with van der Waals surface area (Å²) in [7, 11) is 0. The molecule has 2 aliphatic heterocycles. The van der Waals surface area contributed by atoms with Gasteiger partial charge < -0.3 is 25.5 Å². The molecule has 0 aromatic carbocycles. The summed E-state index contributed by atoms with van der Waals surface area (Å²) in [6.07, 6.45) is 5.19. The minimum absolute atomic E-state index is 0.0132. The summed E-state index contributed by atoms with van der Waals surface area (Å²) in [4.78, 5) is 39.9. The van der Waals surface area contributed by atoms with E-state index in [1.54, 1.807) is 13.3 Å². The molecule has 2 aromatic heterocycles. The number of aliphatic hydroxyl groups excluding tert-OH is 2. The Morgan fingerprint density at radius 3 is 2.73 bits per heavy atom. The molecule has 0 unspecified atom stereocenters. The van der Waals surface area contributed by atoms with E-state index in [1.165, 1.54) is 28.0 Å². The SMILES string of the molecule is CSc1c2sc(C3=C(C(=O)O)N4C(=O)[C@H]([C@@H](C)O)[C@H]4[C@H]3C)cn2c[n+]1CC(=O)NCCCO. The van der Waals surface area contributed by atoms with Crippen LogP contribution < -0.4 is 9.88 Å². The largest absolute Gasteiger partial charge is 0.477 e. The zero-order valence-electron chi connectivity index (χ0n) is 18.5. The van der Waals surface area contributed by atoms with Crippen molar-refractivity contribution in [2.24, 2.45) is 11.8 Å². The molecular formula is C21H27N4O6S2+. The van der Waals surface area contributed by atoms with Gasteiger partial charge >= 0.3 is 5.97 Å². The van der Waals surface area contributed by atoms with Crippen LogP contribution in [0.15, 0.2) is 23.2 Å². The summed E-state index contributed by atoms with van der Waals surface area (Å²) in [5.41, 5.74) is 0.582. The Morgan fingerprint density at radius 1 is 1.39 bits per heavy atom. The first-order valence-electron chi connectivity index (χ1n) is 10.7. The van der Waals surface area contributed by atoms with E-state index in [2.05, 4.69) is 5.32 Å². The maximum atomic E-state index is 12.6. The molecule has 4 N–H and O–H groups in total. The van der Waals surface area contributed by atoms with E-state index < -0.39 is 18.0 Å². The quantitative estimate of drug-likeness (QED) is 0.168. The molecule has 0 radical (unpaired) electrons. The monoisotopic (exact) mass is 495 g/mol. The maximum absolute atomic E-state index is 12.6. The van der Waals surface area contributed by atoms with Gasteiger partial charge in [-0.3, -0.25) is 9.59 Å². The number of carbonyl (C=O) groups is 3. The molecule has 0 saturated carbocycles. The molecule has 10 nitrogen and oxygen atoms in total. The normalized spacial score (nSPS) is 23.1. The molecule has 1 saturated heterocycles. The summed E-state index contributed by atoms with van der Waals surface area (Å²) in [5, 5.41) is 32.4. The average Bonchev–Trinajstić information content (AvgIpc) is 3.35. The highest BCUT2D eigenvalue weighted by atomic mass is 32.2. The number of carbonyl (C=O) groups excluding carboxylic acids is 2. The number of thioether (sulfide) groups is 1. The van der Waals surface area contributed by atoms with E-state index in [-0.39, 0.29) is 42.6 Å². The minimum Gasteiger partial charge on any atom is -0.477 e. The zero-order valence-corrected chi connectivity index (χ0v) is 20.2.